The molecule has 0 fully saturated rings. The van der Waals surface area contributed by atoms with Crippen LogP contribution < -0.4 is 4.90 Å². The summed E-state index contributed by atoms with van der Waals surface area (Å²) in [5.41, 5.74) is 11.9. The van der Waals surface area contributed by atoms with E-state index in [-0.39, 0.29) is 0 Å². The third kappa shape index (κ3) is 5.24. The summed E-state index contributed by atoms with van der Waals surface area (Å²) in [7, 11) is 0. The summed E-state index contributed by atoms with van der Waals surface area (Å²) in [6, 6.07) is 75.0. The predicted octanol–water partition coefficient (Wildman–Crippen LogP) is 15.1. The number of fused-ring (bicyclic) bond motifs is 8. The number of rotatable bonds is 6. The zero-order valence-corrected chi connectivity index (χ0v) is 30.7. The van der Waals surface area contributed by atoms with Gasteiger partial charge in [0.1, 0.15) is 0 Å². The van der Waals surface area contributed by atoms with Gasteiger partial charge in [0, 0.05) is 38.2 Å². The normalized spacial score (nSPS) is 11.6. The number of anilines is 3. The highest BCUT2D eigenvalue weighted by Crippen LogP contribution is 2.46. The first kappa shape index (κ1) is 31.6. The van der Waals surface area contributed by atoms with E-state index in [1.165, 1.54) is 80.7 Å². The molecule has 258 valence electrons. The first-order chi connectivity index (χ1) is 27.3. The lowest BCUT2D eigenvalue weighted by molar-refractivity contribution is 1.19. The van der Waals surface area contributed by atoms with Crippen LogP contribution in [0.5, 0.6) is 0 Å². The average Bonchev–Trinajstić information content (AvgIpc) is 3.80. The first-order valence-electron chi connectivity index (χ1n) is 18.8. The lowest BCUT2D eigenvalue weighted by atomic mass is 10.0. The van der Waals surface area contributed by atoms with Gasteiger partial charge in [-0.2, -0.15) is 0 Å². The molecule has 0 bridgehead atoms. The Balaban J connectivity index is 1.04. The maximum Gasteiger partial charge on any atom is 0.0727 e. The van der Waals surface area contributed by atoms with Gasteiger partial charge in [0.15, 0.2) is 0 Å². The highest BCUT2D eigenvalue weighted by molar-refractivity contribution is 7.27. The van der Waals surface area contributed by atoms with Crippen molar-refractivity contribution >= 4 is 81.1 Å². The second-order valence-electron chi connectivity index (χ2n) is 14.1. The Morgan fingerprint density at radius 2 is 0.945 bits per heavy atom. The van der Waals surface area contributed by atoms with Crippen LogP contribution in [-0.4, -0.2) is 4.57 Å². The molecule has 0 atom stereocenters. The fraction of sp³-hybridized carbons (Fsp3) is 0. The molecule has 0 saturated heterocycles. The van der Waals surface area contributed by atoms with Crippen LogP contribution in [0, 0.1) is 0 Å². The van der Waals surface area contributed by atoms with E-state index in [1.807, 2.05) is 11.3 Å². The van der Waals surface area contributed by atoms with Crippen molar-refractivity contribution in [3.63, 3.8) is 0 Å². The van der Waals surface area contributed by atoms with Gasteiger partial charge in [0.2, 0.25) is 0 Å². The van der Waals surface area contributed by atoms with Crippen molar-refractivity contribution in [3.8, 4) is 27.9 Å². The highest BCUT2D eigenvalue weighted by Gasteiger charge is 2.20. The van der Waals surface area contributed by atoms with Crippen LogP contribution in [0.1, 0.15) is 0 Å². The highest BCUT2D eigenvalue weighted by atomic mass is 32.1. The summed E-state index contributed by atoms with van der Waals surface area (Å²) in [6.45, 7) is 0. The molecule has 11 rings (SSSR count). The Morgan fingerprint density at radius 1 is 0.364 bits per heavy atom. The maximum absolute atomic E-state index is 2.43. The first-order valence-corrected chi connectivity index (χ1v) is 19.6. The minimum absolute atomic E-state index is 1.11. The fourth-order valence-corrected chi connectivity index (χ4v) is 9.73. The molecule has 0 amide bonds. The van der Waals surface area contributed by atoms with Crippen LogP contribution >= 0.6 is 11.3 Å². The van der Waals surface area contributed by atoms with Gasteiger partial charge in [-0.3, -0.25) is 0 Å². The molecule has 2 nitrogen and oxygen atoms in total. The standard InChI is InChI=1S/C52H34N2S/c1-3-12-35(13-4-1)36-24-28-41(29-25-36)53(43-32-33-45-39(34-43)23-22-37-14-7-8-17-44(37)45)42-30-26-38(27-31-42)46-19-11-20-48-50-52(55-51(46)48)47-18-9-10-21-49(47)54(50)40-15-5-2-6-16-40/h1-34H. The van der Waals surface area contributed by atoms with Crippen LogP contribution in [0.2, 0.25) is 0 Å². The van der Waals surface area contributed by atoms with Gasteiger partial charge >= 0.3 is 0 Å². The summed E-state index contributed by atoms with van der Waals surface area (Å²) >= 11 is 1.90. The second-order valence-corrected chi connectivity index (χ2v) is 15.2. The molecule has 0 aliphatic rings. The molecule has 0 aliphatic heterocycles. The van der Waals surface area contributed by atoms with E-state index in [0.717, 1.165) is 17.1 Å². The molecule has 0 unspecified atom stereocenters. The lowest BCUT2D eigenvalue weighted by Crippen LogP contribution is -2.09. The molecule has 0 aliphatic carbocycles. The molecular weight excluding hydrogens is 685 g/mol. The molecular formula is C52H34N2S. The van der Waals surface area contributed by atoms with Crippen molar-refractivity contribution in [2.24, 2.45) is 0 Å². The SMILES string of the molecule is c1ccc(-c2ccc(N(c3ccc(-c4cccc5c4sc4c6ccccc6n(-c6ccccc6)c54)cc3)c3ccc4c(ccc5ccccc54)c3)cc2)cc1. The number of aromatic nitrogens is 1. The van der Waals surface area contributed by atoms with Crippen LogP contribution in [-0.2, 0) is 0 Å². The van der Waals surface area contributed by atoms with E-state index in [9.17, 15) is 0 Å². The number of hydrogen-bond acceptors (Lipinski definition) is 2. The molecule has 55 heavy (non-hydrogen) atoms. The Kier molecular flexibility index (Phi) is 7.39. The number of thiophene rings is 1. The Bertz CT molecular complexity index is 3180. The van der Waals surface area contributed by atoms with E-state index in [4.69, 9.17) is 0 Å². The zero-order valence-electron chi connectivity index (χ0n) is 29.9. The molecule has 0 N–H and O–H groups in total. The van der Waals surface area contributed by atoms with Gasteiger partial charge < -0.3 is 9.47 Å². The lowest BCUT2D eigenvalue weighted by Gasteiger charge is -2.26. The third-order valence-corrected chi connectivity index (χ3v) is 12.2. The summed E-state index contributed by atoms with van der Waals surface area (Å²) < 4.78 is 5.07. The van der Waals surface area contributed by atoms with E-state index in [0.29, 0.717) is 0 Å². The summed E-state index contributed by atoms with van der Waals surface area (Å²) in [6.07, 6.45) is 0. The molecule has 0 saturated carbocycles. The van der Waals surface area contributed by atoms with E-state index < -0.39 is 0 Å². The maximum atomic E-state index is 2.43. The van der Waals surface area contributed by atoms with Crippen molar-refractivity contribution in [3.05, 3.63) is 206 Å². The Labute approximate surface area is 323 Å². The van der Waals surface area contributed by atoms with Crippen molar-refractivity contribution in [1.82, 2.24) is 4.57 Å². The van der Waals surface area contributed by atoms with Crippen LogP contribution in [0.25, 0.3) is 80.7 Å². The topological polar surface area (TPSA) is 8.17 Å². The Hall–Kier alpha value is -6.94. The monoisotopic (exact) mass is 718 g/mol. The van der Waals surface area contributed by atoms with Crippen molar-refractivity contribution in [1.29, 1.82) is 0 Å². The number of hydrogen-bond donors (Lipinski definition) is 0. The van der Waals surface area contributed by atoms with Gasteiger partial charge in [0.05, 0.1) is 15.7 Å². The van der Waals surface area contributed by atoms with Gasteiger partial charge in [-0.25, -0.2) is 0 Å². The number of para-hydroxylation sites is 2. The smallest absolute Gasteiger partial charge is 0.0727 e. The minimum atomic E-state index is 1.11. The molecule has 0 spiro atoms. The average molecular weight is 719 g/mol. The van der Waals surface area contributed by atoms with Gasteiger partial charge in [-0.15, -0.1) is 11.3 Å². The molecule has 0 radical (unpaired) electrons. The van der Waals surface area contributed by atoms with E-state index in [1.54, 1.807) is 0 Å². The Morgan fingerprint density at radius 3 is 1.73 bits per heavy atom. The van der Waals surface area contributed by atoms with Crippen molar-refractivity contribution in [2.75, 3.05) is 4.90 Å². The fourth-order valence-electron chi connectivity index (χ4n) is 8.37. The van der Waals surface area contributed by atoms with E-state index in [2.05, 4.69) is 216 Å². The number of nitrogens with zero attached hydrogens (tertiary/aromatic N) is 2. The summed E-state index contributed by atoms with van der Waals surface area (Å²) in [5.74, 6) is 0. The van der Waals surface area contributed by atoms with Crippen molar-refractivity contribution < 1.29 is 0 Å². The molecule has 2 aromatic heterocycles. The number of benzene rings is 9. The second kappa shape index (κ2) is 12.9. The zero-order chi connectivity index (χ0) is 36.3. The summed E-state index contributed by atoms with van der Waals surface area (Å²) in [5, 5.41) is 7.60. The third-order valence-electron chi connectivity index (χ3n) is 11.0. The van der Waals surface area contributed by atoms with E-state index >= 15 is 0 Å². The molecule has 2 heterocycles. The molecule has 9 aromatic carbocycles. The predicted molar refractivity (Wildman–Crippen MR) is 237 cm³/mol. The molecule has 3 heteroatoms. The van der Waals surface area contributed by atoms with Crippen LogP contribution in [0.15, 0.2) is 206 Å². The van der Waals surface area contributed by atoms with Gasteiger partial charge in [0.25, 0.3) is 0 Å². The van der Waals surface area contributed by atoms with Crippen LogP contribution in [0.3, 0.4) is 0 Å². The largest absolute Gasteiger partial charge is 0.310 e. The minimum Gasteiger partial charge on any atom is -0.310 e. The quantitative estimate of drug-likeness (QED) is 0.155. The van der Waals surface area contributed by atoms with Gasteiger partial charge in [-0.1, -0.05) is 152 Å². The molecule has 11 aromatic rings. The van der Waals surface area contributed by atoms with Crippen molar-refractivity contribution in [2.45, 2.75) is 0 Å². The van der Waals surface area contributed by atoms with Gasteiger partial charge in [-0.05, 0) is 98.4 Å². The van der Waals surface area contributed by atoms with Crippen LogP contribution in [0.4, 0.5) is 17.1 Å². The summed E-state index contributed by atoms with van der Waals surface area (Å²) in [4.78, 5) is 2.38.